The van der Waals surface area contributed by atoms with Crippen LogP contribution in [-0.4, -0.2) is 31.7 Å². The number of carbonyl (C=O) groups excluding carboxylic acids is 1. The van der Waals surface area contributed by atoms with E-state index in [0.717, 1.165) is 24.3 Å². The fourth-order valence-electron chi connectivity index (χ4n) is 2.32. The number of anilines is 1. The summed E-state index contributed by atoms with van der Waals surface area (Å²) in [6, 6.07) is 5.46. The highest BCUT2D eigenvalue weighted by atomic mass is 35.5. The molecule has 0 spiro atoms. The summed E-state index contributed by atoms with van der Waals surface area (Å²) in [6.45, 7) is 3.51. The minimum atomic E-state index is -0.736. The van der Waals surface area contributed by atoms with Crippen LogP contribution in [0.15, 0.2) is 18.2 Å². The normalized spacial score (nSPS) is 18.1. The maximum Gasteiger partial charge on any atom is 0.256 e. The largest absolute Gasteiger partial charge is 0.368 e. The monoisotopic (exact) mass is 282 g/mol. The predicted molar refractivity (Wildman–Crippen MR) is 76.7 cm³/mol. The van der Waals surface area contributed by atoms with Gasteiger partial charge in [0, 0.05) is 17.8 Å². The van der Waals surface area contributed by atoms with E-state index in [4.69, 9.17) is 16.3 Å². The van der Waals surface area contributed by atoms with Crippen LogP contribution in [0.2, 0.25) is 5.02 Å². The summed E-state index contributed by atoms with van der Waals surface area (Å²) in [6.07, 6.45) is 1.35. The van der Waals surface area contributed by atoms with Crippen LogP contribution in [0, 0.1) is 6.92 Å². The molecule has 19 heavy (non-hydrogen) atoms. The number of carbonyl (C=O) groups is 1. The van der Waals surface area contributed by atoms with E-state index < -0.39 is 5.60 Å². The molecule has 1 aromatic carbocycles. The van der Waals surface area contributed by atoms with E-state index in [1.165, 1.54) is 0 Å². The van der Waals surface area contributed by atoms with Gasteiger partial charge in [0.15, 0.2) is 0 Å². The van der Waals surface area contributed by atoms with Crippen LogP contribution in [0.4, 0.5) is 5.69 Å². The first-order valence-electron chi connectivity index (χ1n) is 6.41. The predicted octanol–water partition coefficient (Wildman–Crippen LogP) is 2.36. The van der Waals surface area contributed by atoms with Gasteiger partial charge in [-0.15, -0.1) is 0 Å². The maximum atomic E-state index is 12.5. The Morgan fingerprint density at radius 2 is 2.11 bits per heavy atom. The summed E-state index contributed by atoms with van der Waals surface area (Å²) in [4.78, 5) is 12.5. The number of ether oxygens (including phenoxy) is 1. The summed E-state index contributed by atoms with van der Waals surface area (Å²) in [5.41, 5.74) is 0.991. The van der Waals surface area contributed by atoms with Gasteiger partial charge in [0.25, 0.3) is 5.91 Å². The van der Waals surface area contributed by atoms with Crippen LogP contribution in [0.3, 0.4) is 0 Å². The van der Waals surface area contributed by atoms with Crippen LogP contribution in [0.5, 0.6) is 0 Å². The SMILES string of the molecule is COC1(C(=O)Nc2cc(Cl)ccc2C)CCNCC1. The Balaban J connectivity index is 2.17. The third kappa shape index (κ3) is 3.08. The molecule has 1 saturated heterocycles. The first kappa shape index (κ1) is 14.3. The first-order chi connectivity index (χ1) is 9.07. The van der Waals surface area contributed by atoms with Crippen molar-refractivity contribution in [1.82, 2.24) is 5.32 Å². The van der Waals surface area contributed by atoms with Crippen LogP contribution >= 0.6 is 11.6 Å². The summed E-state index contributed by atoms with van der Waals surface area (Å²) in [5, 5.41) is 6.78. The highest BCUT2D eigenvalue weighted by Crippen LogP contribution is 2.26. The molecule has 104 valence electrons. The molecule has 0 saturated carbocycles. The molecule has 2 rings (SSSR count). The lowest BCUT2D eigenvalue weighted by molar-refractivity contribution is -0.140. The average Bonchev–Trinajstić information content (AvgIpc) is 2.43. The van der Waals surface area contributed by atoms with Crippen LogP contribution in [0.1, 0.15) is 18.4 Å². The highest BCUT2D eigenvalue weighted by molar-refractivity contribution is 6.31. The topological polar surface area (TPSA) is 50.4 Å². The van der Waals surface area contributed by atoms with Gasteiger partial charge in [-0.05, 0) is 50.6 Å². The van der Waals surface area contributed by atoms with Crippen LogP contribution in [0.25, 0.3) is 0 Å². The molecule has 4 nitrogen and oxygen atoms in total. The minimum Gasteiger partial charge on any atom is -0.368 e. The Morgan fingerprint density at radius 3 is 2.74 bits per heavy atom. The van der Waals surface area contributed by atoms with Crippen molar-refractivity contribution in [1.29, 1.82) is 0 Å². The van der Waals surface area contributed by atoms with E-state index in [1.54, 1.807) is 13.2 Å². The molecule has 0 atom stereocenters. The van der Waals surface area contributed by atoms with Gasteiger partial charge in [-0.1, -0.05) is 17.7 Å². The number of aryl methyl sites for hydroxylation is 1. The van der Waals surface area contributed by atoms with Crippen molar-refractivity contribution in [2.75, 3.05) is 25.5 Å². The van der Waals surface area contributed by atoms with Crippen molar-refractivity contribution >= 4 is 23.2 Å². The number of methoxy groups -OCH3 is 1. The number of hydrogen-bond acceptors (Lipinski definition) is 3. The summed E-state index contributed by atoms with van der Waals surface area (Å²) in [7, 11) is 1.59. The molecule has 1 aromatic rings. The first-order valence-corrected chi connectivity index (χ1v) is 6.79. The van der Waals surface area contributed by atoms with E-state index >= 15 is 0 Å². The van der Waals surface area contributed by atoms with Gasteiger partial charge >= 0.3 is 0 Å². The van der Waals surface area contributed by atoms with E-state index in [9.17, 15) is 4.79 Å². The molecular formula is C14H19ClN2O2. The highest BCUT2D eigenvalue weighted by Gasteiger charge is 2.39. The summed E-state index contributed by atoms with van der Waals surface area (Å²) in [5.74, 6) is -0.0955. The van der Waals surface area contributed by atoms with Gasteiger partial charge in [-0.25, -0.2) is 0 Å². The van der Waals surface area contributed by atoms with Crippen molar-refractivity contribution in [2.24, 2.45) is 0 Å². The molecule has 0 unspecified atom stereocenters. The number of rotatable bonds is 3. The second-order valence-electron chi connectivity index (χ2n) is 4.86. The van der Waals surface area contributed by atoms with Crippen molar-refractivity contribution in [3.05, 3.63) is 28.8 Å². The lowest BCUT2D eigenvalue weighted by atomic mass is 9.91. The Kier molecular flexibility index (Phi) is 4.45. The molecule has 0 aliphatic carbocycles. The molecule has 5 heteroatoms. The molecule has 0 aromatic heterocycles. The number of amides is 1. The lowest BCUT2D eigenvalue weighted by Gasteiger charge is -2.34. The van der Waals surface area contributed by atoms with E-state index in [0.29, 0.717) is 17.9 Å². The summed E-state index contributed by atoms with van der Waals surface area (Å²) < 4.78 is 5.50. The third-order valence-corrected chi connectivity index (χ3v) is 3.90. The zero-order chi connectivity index (χ0) is 13.9. The number of piperidine rings is 1. The molecule has 1 aliphatic rings. The Labute approximate surface area is 118 Å². The molecule has 2 N–H and O–H groups in total. The zero-order valence-corrected chi connectivity index (χ0v) is 12.0. The molecule has 1 aliphatic heterocycles. The molecule has 1 heterocycles. The molecule has 1 amide bonds. The van der Waals surface area contributed by atoms with Gasteiger partial charge in [0.05, 0.1) is 0 Å². The van der Waals surface area contributed by atoms with E-state index in [2.05, 4.69) is 10.6 Å². The second-order valence-corrected chi connectivity index (χ2v) is 5.30. The average molecular weight is 283 g/mol. The quantitative estimate of drug-likeness (QED) is 0.895. The standard InChI is InChI=1S/C14H19ClN2O2/c1-10-3-4-11(15)9-12(10)17-13(18)14(19-2)5-7-16-8-6-14/h3-4,9,16H,5-8H2,1-2H3,(H,17,18). The van der Waals surface area contributed by atoms with Crippen molar-refractivity contribution < 1.29 is 9.53 Å². The number of halogens is 1. The number of hydrogen-bond donors (Lipinski definition) is 2. The van der Waals surface area contributed by atoms with Crippen molar-refractivity contribution in [2.45, 2.75) is 25.4 Å². The fourth-order valence-corrected chi connectivity index (χ4v) is 2.49. The smallest absolute Gasteiger partial charge is 0.256 e. The number of benzene rings is 1. The van der Waals surface area contributed by atoms with Crippen LogP contribution < -0.4 is 10.6 Å². The third-order valence-electron chi connectivity index (χ3n) is 3.66. The van der Waals surface area contributed by atoms with Gasteiger partial charge in [-0.3, -0.25) is 4.79 Å². The fraction of sp³-hybridized carbons (Fsp3) is 0.500. The van der Waals surface area contributed by atoms with Crippen LogP contribution in [-0.2, 0) is 9.53 Å². The molecule has 1 fully saturated rings. The van der Waals surface area contributed by atoms with E-state index in [-0.39, 0.29) is 5.91 Å². The molecule has 0 radical (unpaired) electrons. The molecular weight excluding hydrogens is 264 g/mol. The Morgan fingerprint density at radius 1 is 1.42 bits per heavy atom. The molecule has 0 bridgehead atoms. The second kappa shape index (κ2) is 5.90. The van der Waals surface area contributed by atoms with Gasteiger partial charge < -0.3 is 15.4 Å². The van der Waals surface area contributed by atoms with Crippen molar-refractivity contribution in [3.63, 3.8) is 0 Å². The lowest BCUT2D eigenvalue weighted by Crippen LogP contribution is -2.51. The zero-order valence-electron chi connectivity index (χ0n) is 11.3. The Bertz CT molecular complexity index is 471. The number of nitrogens with one attached hydrogen (secondary N) is 2. The summed E-state index contributed by atoms with van der Waals surface area (Å²) >= 11 is 5.96. The minimum absolute atomic E-state index is 0.0955. The van der Waals surface area contributed by atoms with Gasteiger partial charge in [0.2, 0.25) is 0 Å². The van der Waals surface area contributed by atoms with Gasteiger partial charge in [0.1, 0.15) is 5.60 Å². The van der Waals surface area contributed by atoms with Crippen molar-refractivity contribution in [3.8, 4) is 0 Å². The maximum absolute atomic E-state index is 12.5. The van der Waals surface area contributed by atoms with E-state index in [1.807, 2.05) is 19.1 Å². The van der Waals surface area contributed by atoms with Gasteiger partial charge in [-0.2, -0.15) is 0 Å². The Hall–Kier alpha value is -1.10.